The fraction of sp³-hybridized carbons (Fsp3) is 0.143. The smallest absolute Gasteiger partial charge is 0.417 e. The van der Waals surface area contributed by atoms with Crippen LogP contribution in [0.5, 0.6) is 0 Å². The third-order valence-corrected chi connectivity index (χ3v) is 4.68. The van der Waals surface area contributed by atoms with Crippen molar-refractivity contribution in [2.75, 3.05) is 7.11 Å². The molecule has 0 N–H and O–H groups in total. The molecule has 0 amide bonds. The molecule has 0 radical (unpaired) electrons. The molecule has 0 fully saturated rings. The van der Waals surface area contributed by atoms with E-state index in [1.165, 1.54) is 0 Å². The van der Waals surface area contributed by atoms with E-state index in [1.807, 2.05) is 0 Å². The summed E-state index contributed by atoms with van der Waals surface area (Å²) in [5, 5.41) is -0.709. The number of aromatic nitrogens is 1. The van der Waals surface area contributed by atoms with Crippen LogP contribution in [0.1, 0.15) is 16.1 Å². The minimum atomic E-state index is -4.65. The minimum Gasteiger partial charge on any atom is -0.464 e. The van der Waals surface area contributed by atoms with Crippen LogP contribution in [-0.4, -0.2) is 18.1 Å². The van der Waals surface area contributed by atoms with E-state index in [0.717, 1.165) is 25.3 Å². The highest BCUT2D eigenvalue weighted by atomic mass is 79.9. The summed E-state index contributed by atoms with van der Waals surface area (Å²) >= 11 is 14.4. The van der Waals surface area contributed by atoms with E-state index in [-0.39, 0.29) is 16.3 Å². The molecule has 10 heteroatoms. The van der Waals surface area contributed by atoms with Crippen molar-refractivity contribution in [2.24, 2.45) is 0 Å². The van der Waals surface area contributed by atoms with Gasteiger partial charge in [0.2, 0.25) is 0 Å². The number of methoxy groups -OCH3 is 1. The van der Waals surface area contributed by atoms with Gasteiger partial charge in [0, 0.05) is 10.0 Å². The minimum absolute atomic E-state index is 0.143. The molecule has 0 atom stereocenters. The first-order valence-corrected chi connectivity index (χ1v) is 7.62. The van der Waals surface area contributed by atoms with Gasteiger partial charge in [0.15, 0.2) is 11.5 Å². The number of ether oxygens (including phenoxy) is 1. The molecule has 0 spiro atoms. The molecule has 1 aromatic carbocycles. The standard InChI is InChI=1S/C14H6BrCl2F4NO2/c1-24-13(23)12-7(16)4-8(18)11(22-12)5-2-3-6(14(19,20)21)9(15)10(5)17/h2-4H,1H3. The number of carbonyl (C=O) groups is 1. The maximum atomic E-state index is 14.1. The number of hydrogen-bond acceptors (Lipinski definition) is 3. The first-order valence-electron chi connectivity index (χ1n) is 6.07. The molecule has 2 aromatic rings. The Labute approximate surface area is 151 Å². The Morgan fingerprint density at radius 1 is 1.29 bits per heavy atom. The predicted molar refractivity (Wildman–Crippen MR) is 83.7 cm³/mol. The van der Waals surface area contributed by atoms with Crippen LogP contribution in [0.15, 0.2) is 22.7 Å². The van der Waals surface area contributed by atoms with E-state index in [2.05, 4.69) is 25.7 Å². The zero-order valence-corrected chi connectivity index (χ0v) is 14.7. The summed E-state index contributed by atoms with van der Waals surface area (Å²) in [7, 11) is 1.07. The van der Waals surface area contributed by atoms with Gasteiger partial charge in [-0.3, -0.25) is 0 Å². The van der Waals surface area contributed by atoms with Gasteiger partial charge in [-0.05, 0) is 28.1 Å². The number of nitrogens with zero attached hydrogens (tertiary/aromatic N) is 1. The maximum Gasteiger partial charge on any atom is 0.417 e. The average molecular weight is 447 g/mol. The molecule has 128 valence electrons. The van der Waals surface area contributed by atoms with Gasteiger partial charge >= 0.3 is 12.1 Å². The summed E-state index contributed by atoms with van der Waals surface area (Å²) in [6.07, 6.45) is -4.65. The zero-order chi connectivity index (χ0) is 18.2. The van der Waals surface area contributed by atoms with Gasteiger partial charge in [-0.25, -0.2) is 14.2 Å². The van der Waals surface area contributed by atoms with Crippen molar-refractivity contribution >= 4 is 45.1 Å². The Kier molecular flexibility index (Phi) is 5.41. The number of alkyl halides is 3. The summed E-state index contributed by atoms with van der Waals surface area (Å²) in [6.45, 7) is 0. The van der Waals surface area contributed by atoms with Crippen LogP contribution in [0.4, 0.5) is 17.6 Å². The van der Waals surface area contributed by atoms with Gasteiger partial charge in [-0.15, -0.1) is 0 Å². The number of carbonyl (C=O) groups excluding carboxylic acids is 1. The Morgan fingerprint density at radius 3 is 2.46 bits per heavy atom. The van der Waals surface area contributed by atoms with Crippen LogP contribution in [0.2, 0.25) is 10.0 Å². The molecule has 0 saturated carbocycles. The molecule has 24 heavy (non-hydrogen) atoms. The Balaban J connectivity index is 2.69. The van der Waals surface area contributed by atoms with Crippen molar-refractivity contribution in [2.45, 2.75) is 6.18 Å². The quantitative estimate of drug-likeness (QED) is 0.434. The summed E-state index contributed by atoms with van der Waals surface area (Å²) in [4.78, 5) is 15.3. The molecule has 0 saturated heterocycles. The van der Waals surface area contributed by atoms with Gasteiger partial charge in [0.05, 0.1) is 22.7 Å². The molecule has 0 bridgehead atoms. The van der Waals surface area contributed by atoms with Crippen molar-refractivity contribution < 1.29 is 27.1 Å². The molecule has 2 rings (SSSR count). The second kappa shape index (κ2) is 6.85. The largest absolute Gasteiger partial charge is 0.464 e. The Hall–Kier alpha value is -1.38. The van der Waals surface area contributed by atoms with E-state index in [1.54, 1.807) is 0 Å². The monoisotopic (exact) mass is 445 g/mol. The van der Waals surface area contributed by atoms with Gasteiger partial charge in [0.25, 0.3) is 0 Å². The third-order valence-electron chi connectivity index (χ3n) is 2.95. The van der Waals surface area contributed by atoms with Gasteiger partial charge in [-0.1, -0.05) is 29.3 Å². The van der Waals surface area contributed by atoms with Crippen LogP contribution in [-0.2, 0) is 10.9 Å². The lowest BCUT2D eigenvalue weighted by Gasteiger charge is -2.14. The van der Waals surface area contributed by atoms with Crippen molar-refractivity contribution in [1.82, 2.24) is 4.98 Å². The number of hydrogen-bond donors (Lipinski definition) is 0. The van der Waals surface area contributed by atoms with E-state index in [9.17, 15) is 22.4 Å². The molecule has 0 aliphatic heterocycles. The van der Waals surface area contributed by atoms with Crippen molar-refractivity contribution in [1.29, 1.82) is 0 Å². The van der Waals surface area contributed by atoms with Crippen LogP contribution >= 0.6 is 39.1 Å². The Morgan fingerprint density at radius 2 is 1.92 bits per heavy atom. The predicted octanol–water partition coefficient (Wildman–Crippen LogP) is 5.76. The van der Waals surface area contributed by atoms with Gasteiger partial charge in [-0.2, -0.15) is 13.2 Å². The second-order valence-corrected chi connectivity index (χ2v) is 6.01. The molecular formula is C14H6BrCl2F4NO2. The van der Waals surface area contributed by atoms with Crippen LogP contribution in [0.3, 0.4) is 0 Å². The summed E-state index contributed by atoms with van der Waals surface area (Å²) in [5.74, 6) is -1.88. The molecule has 3 nitrogen and oxygen atoms in total. The normalized spacial score (nSPS) is 11.5. The van der Waals surface area contributed by atoms with E-state index in [0.29, 0.717) is 0 Å². The van der Waals surface area contributed by atoms with E-state index < -0.39 is 38.7 Å². The highest BCUT2D eigenvalue weighted by Crippen LogP contribution is 2.43. The van der Waals surface area contributed by atoms with E-state index in [4.69, 9.17) is 23.2 Å². The van der Waals surface area contributed by atoms with Crippen LogP contribution in [0, 0.1) is 5.82 Å². The molecule has 1 heterocycles. The lowest BCUT2D eigenvalue weighted by atomic mass is 10.1. The van der Waals surface area contributed by atoms with Gasteiger partial charge < -0.3 is 4.74 Å². The van der Waals surface area contributed by atoms with Crippen molar-refractivity contribution in [3.8, 4) is 11.3 Å². The fourth-order valence-corrected chi connectivity index (χ4v) is 2.89. The maximum absolute atomic E-state index is 14.1. The fourth-order valence-electron chi connectivity index (χ4n) is 1.85. The number of rotatable bonds is 2. The van der Waals surface area contributed by atoms with Crippen LogP contribution in [0.25, 0.3) is 11.3 Å². The first kappa shape index (κ1) is 19.0. The van der Waals surface area contributed by atoms with E-state index >= 15 is 0 Å². The second-order valence-electron chi connectivity index (χ2n) is 4.43. The van der Waals surface area contributed by atoms with Crippen molar-refractivity contribution in [3.05, 3.63) is 49.8 Å². The Bertz CT molecular complexity index is 827. The zero-order valence-electron chi connectivity index (χ0n) is 11.6. The molecule has 0 aliphatic rings. The molecule has 1 aromatic heterocycles. The van der Waals surface area contributed by atoms with Crippen LogP contribution < -0.4 is 0 Å². The van der Waals surface area contributed by atoms with Gasteiger partial charge in [0.1, 0.15) is 5.69 Å². The SMILES string of the molecule is COC(=O)c1nc(-c2ccc(C(F)(F)F)c(Br)c2Cl)c(F)cc1Cl. The topological polar surface area (TPSA) is 39.2 Å². The first-order chi connectivity index (χ1) is 11.1. The number of benzene rings is 1. The average Bonchev–Trinajstić information content (AvgIpc) is 2.48. The molecule has 0 unspecified atom stereocenters. The number of pyridine rings is 1. The highest BCUT2D eigenvalue weighted by molar-refractivity contribution is 9.10. The summed E-state index contributed by atoms with van der Waals surface area (Å²) in [5.41, 5.74) is -1.99. The lowest BCUT2D eigenvalue weighted by molar-refractivity contribution is -0.138. The summed E-state index contributed by atoms with van der Waals surface area (Å²) < 4.78 is 56.7. The van der Waals surface area contributed by atoms with Crippen molar-refractivity contribution in [3.63, 3.8) is 0 Å². The summed E-state index contributed by atoms with van der Waals surface area (Å²) in [6, 6.07) is 2.48. The molecule has 0 aliphatic carbocycles. The number of esters is 1. The highest BCUT2D eigenvalue weighted by Gasteiger charge is 2.34. The molecular weight excluding hydrogens is 441 g/mol. The lowest BCUT2D eigenvalue weighted by Crippen LogP contribution is -2.09. The number of halogens is 7. The third kappa shape index (κ3) is 3.50.